The van der Waals surface area contributed by atoms with Gasteiger partial charge in [0.25, 0.3) is 0 Å². The van der Waals surface area contributed by atoms with E-state index in [2.05, 4.69) is 29.6 Å². The van der Waals surface area contributed by atoms with Crippen molar-refractivity contribution in [2.24, 2.45) is 0 Å². The fourth-order valence-corrected chi connectivity index (χ4v) is 3.49. The van der Waals surface area contributed by atoms with Crippen molar-refractivity contribution >= 4 is 36.8 Å². The Morgan fingerprint density at radius 3 is 2.77 bits per heavy atom. The van der Waals surface area contributed by atoms with Gasteiger partial charge in [-0.15, -0.1) is 0 Å². The number of amides is 1. The Morgan fingerprint density at radius 2 is 2.12 bits per heavy atom. The lowest BCUT2D eigenvalue weighted by atomic mass is 10.2. The second-order valence-electron chi connectivity index (χ2n) is 7.60. The van der Waals surface area contributed by atoms with Gasteiger partial charge in [0.05, 0.1) is 18.5 Å². The van der Waals surface area contributed by atoms with Gasteiger partial charge in [-0.1, -0.05) is 19.6 Å². The predicted octanol–water partition coefficient (Wildman–Crippen LogP) is 3.14. The zero-order valence-corrected chi connectivity index (χ0v) is 16.9. The van der Waals surface area contributed by atoms with Crippen molar-refractivity contribution < 1.29 is 19.4 Å². The number of ether oxygens (including phenoxy) is 2. The van der Waals surface area contributed by atoms with Crippen molar-refractivity contribution in [3.05, 3.63) is 17.5 Å². The van der Waals surface area contributed by atoms with Crippen LogP contribution >= 0.6 is 11.6 Å². The minimum Gasteiger partial charge on any atom is -0.470 e. The number of hydrogen-bond donors (Lipinski definition) is 1. The van der Waals surface area contributed by atoms with Gasteiger partial charge in [0, 0.05) is 20.9 Å². The summed E-state index contributed by atoms with van der Waals surface area (Å²) in [7, 11) is -1.13. The lowest BCUT2D eigenvalue weighted by Crippen LogP contribution is -2.55. The van der Waals surface area contributed by atoms with Crippen molar-refractivity contribution in [1.82, 2.24) is 19.4 Å². The van der Waals surface area contributed by atoms with Crippen LogP contribution in [0.5, 0.6) is 5.88 Å². The van der Waals surface area contributed by atoms with E-state index in [4.69, 9.17) is 26.2 Å². The zero-order chi connectivity index (χ0) is 18.9. The molecule has 0 spiro atoms. The molecule has 1 saturated heterocycles. The van der Waals surface area contributed by atoms with Gasteiger partial charge >= 0.3 is 6.09 Å². The summed E-state index contributed by atoms with van der Waals surface area (Å²) >= 11 is 6.04. The Balaban J connectivity index is 1.67. The summed E-state index contributed by atoms with van der Waals surface area (Å²) < 4.78 is 13.5. The van der Waals surface area contributed by atoms with E-state index in [-0.39, 0.29) is 11.4 Å². The van der Waals surface area contributed by atoms with E-state index in [1.807, 2.05) is 16.8 Å². The van der Waals surface area contributed by atoms with Gasteiger partial charge in [-0.2, -0.15) is 9.97 Å². The van der Waals surface area contributed by atoms with Crippen LogP contribution in [0.1, 0.15) is 0 Å². The molecule has 1 aliphatic rings. The third-order valence-corrected chi connectivity index (χ3v) is 6.05. The molecule has 3 rings (SSSR count). The molecular weight excluding hydrogens is 376 g/mol. The standard InChI is InChI=1S/C16H23ClN4O4Si/c1-26(2,3)7-6-24-10-20-5-4-12-13(20)18-15(17)19-14(12)25-11-8-21(9-11)16(22)23/h4-5,11H,6-10H2,1-3H3,(H,22,23). The molecule has 10 heteroatoms. The van der Waals surface area contributed by atoms with Crippen LogP contribution in [-0.2, 0) is 11.5 Å². The fourth-order valence-electron chi connectivity index (χ4n) is 2.57. The number of fused-ring (bicyclic) bond motifs is 1. The van der Waals surface area contributed by atoms with Gasteiger partial charge in [0.1, 0.15) is 12.8 Å². The molecule has 1 fully saturated rings. The van der Waals surface area contributed by atoms with Crippen molar-refractivity contribution in [3.8, 4) is 5.88 Å². The van der Waals surface area contributed by atoms with E-state index in [9.17, 15) is 4.79 Å². The summed E-state index contributed by atoms with van der Waals surface area (Å²) in [6.07, 6.45) is 0.690. The van der Waals surface area contributed by atoms with E-state index in [0.717, 1.165) is 11.4 Å². The summed E-state index contributed by atoms with van der Waals surface area (Å²) in [5, 5.41) is 9.72. The zero-order valence-electron chi connectivity index (χ0n) is 15.1. The quantitative estimate of drug-likeness (QED) is 0.437. The van der Waals surface area contributed by atoms with Gasteiger partial charge in [-0.3, -0.25) is 0 Å². The van der Waals surface area contributed by atoms with Crippen molar-refractivity contribution in [1.29, 1.82) is 0 Å². The topological polar surface area (TPSA) is 89.7 Å². The Hall–Kier alpha value is -1.84. The first kappa shape index (κ1) is 18.9. The number of likely N-dealkylation sites (tertiary alicyclic amines) is 1. The number of halogens is 1. The van der Waals surface area contributed by atoms with Crippen molar-refractivity contribution in [3.63, 3.8) is 0 Å². The molecule has 1 aliphatic heterocycles. The highest BCUT2D eigenvalue weighted by Crippen LogP contribution is 2.27. The molecule has 0 saturated carbocycles. The number of nitrogens with zero attached hydrogens (tertiary/aromatic N) is 4. The van der Waals surface area contributed by atoms with Gasteiger partial charge in [-0.05, 0) is 23.7 Å². The molecule has 0 radical (unpaired) electrons. The summed E-state index contributed by atoms with van der Waals surface area (Å²) in [6, 6.07) is 2.95. The lowest BCUT2D eigenvalue weighted by molar-refractivity contribution is 0.0236. The Morgan fingerprint density at radius 1 is 1.38 bits per heavy atom. The molecule has 0 unspecified atom stereocenters. The van der Waals surface area contributed by atoms with Crippen LogP contribution in [0.3, 0.4) is 0 Å². The molecule has 26 heavy (non-hydrogen) atoms. The monoisotopic (exact) mass is 398 g/mol. The molecule has 3 heterocycles. The van der Waals surface area contributed by atoms with Crippen LogP contribution in [0.15, 0.2) is 12.3 Å². The third-order valence-electron chi connectivity index (χ3n) is 4.18. The van der Waals surface area contributed by atoms with E-state index < -0.39 is 14.2 Å². The summed E-state index contributed by atoms with van der Waals surface area (Å²) in [4.78, 5) is 20.6. The summed E-state index contributed by atoms with van der Waals surface area (Å²) in [5.74, 6) is 0.371. The molecule has 1 amide bonds. The molecule has 2 aromatic heterocycles. The summed E-state index contributed by atoms with van der Waals surface area (Å²) in [5.41, 5.74) is 0.641. The molecule has 0 aliphatic carbocycles. The number of carboxylic acid groups (broad SMARTS) is 1. The molecular formula is C16H23ClN4O4Si. The minimum atomic E-state index is -1.13. The van der Waals surface area contributed by atoms with E-state index >= 15 is 0 Å². The SMILES string of the molecule is C[Si](C)(C)CCOCn1ccc2c(OC3CN(C(=O)O)C3)nc(Cl)nc21. The largest absolute Gasteiger partial charge is 0.470 e. The molecule has 2 aromatic rings. The van der Waals surface area contributed by atoms with Crippen LogP contribution in [0, 0.1) is 0 Å². The van der Waals surface area contributed by atoms with Crippen LogP contribution in [0.2, 0.25) is 31.0 Å². The first-order chi connectivity index (χ1) is 12.2. The number of hydrogen-bond acceptors (Lipinski definition) is 5. The molecule has 8 nitrogen and oxygen atoms in total. The Labute approximate surface area is 157 Å². The van der Waals surface area contributed by atoms with Crippen LogP contribution in [0.4, 0.5) is 4.79 Å². The number of carbonyl (C=O) groups is 1. The average Bonchev–Trinajstić information content (AvgIpc) is 2.88. The second-order valence-corrected chi connectivity index (χ2v) is 13.6. The maximum atomic E-state index is 10.8. The van der Waals surface area contributed by atoms with Crippen LogP contribution in [-0.4, -0.2) is 64.5 Å². The maximum absolute atomic E-state index is 10.8. The fraction of sp³-hybridized carbons (Fsp3) is 0.562. The highest BCUT2D eigenvalue weighted by atomic mass is 35.5. The highest BCUT2D eigenvalue weighted by Gasteiger charge is 2.33. The molecule has 0 aromatic carbocycles. The number of aromatic nitrogens is 3. The first-order valence-electron chi connectivity index (χ1n) is 8.47. The van der Waals surface area contributed by atoms with Crippen LogP contribution in [0.25, 0.3) is 11.0 Å². The average molecular weight is 399 g/mol. The normalized spacial score (nSPS) is 15.3. The van der Waals surface area contributed by atoms with Gasteiger partial charge in [0.15, 0.2) is 5.65 Å². The predicted molar refractivity (Wildman–Crippen MR) is 101 cm³/mol. The summed E-state index contributed by atoms with van der Waals surface area (Å²) in [6.45, 7) is 8.66. The molecule has 0 atom stereocenters. The molecule has 0 bridgehead atoms. The van der Waals surface area contributed by atoms with Crippen molar-refractivity contribution in [2.75, 3.05) is 19.7 Å². The van der Waals surface area contributed by atoms with Crippen molar-refractivity contribution in [2.45, 2.75) is 38.5 Å². The highest BCUT2D eigenvalue weighted by molar-refractivity contribution is 6.76. The third kappa shape index (κ3) is 4.46. The van der Waals surface area contributed by atoms with E-state index in [0.29, 0.717) is 38.0 Å². The first-order valence-corrected chi connectivity index (χ1v) is 12.6. The van der Waals surface area contributed by atoms with Gasteiger partial charge in [-0.25, -0.2) is 4.79 Å². The van der Waals surface area contributed by atoms with Gasteiger partial charge < -0.3 is 24.0 Å². The Bertz CT molecular complexity index is 801. The molecule has 1 N–H and O–H groups in total. The number of rotatable bonds is 7. The minimum absolute atomic E-state index is 0.0870. The smallest absolute Gasteiger partial charge is 0.407 e. The Kier molecular flexibility index (Phi) is 5.40. The second kappa shape index (κ2) is 7.41. The van der Waals surface area contributed by atoms with E-state index in [1.54, 1.807) is 0 Å². The lowest BCUT2D eigenvalue weighted by Gasteiger charge is -2.36. The van der Waals surface area contributed by atoms with Crippen LogP contribution < -0.4 is 4.74 Å². The van der Waals surface area contributed by atoms with E-state index in [1.165, 1.54) is 4.90 Å². The van der Waals surface area contributed by atoms with Gasteiger partial charge in [0.2, 0.25) is 11.2 Å². The maximum Gasteiger partial charge on any atom is 0.407 e. The molecule has 142 valence electrons.